The van der Waals surface area contributed by atoms with Crippen molar-refractivity contribution in [1.29, 1.82) is 0 Å². The molecule has 3 aromatic rings. The third-order valence-corrected chi connectivity index (χ3v) is 4.67. The van der Waals surface area contributed by atoms with Crippen LogP contribution in [0.15, 0.2) is 30.6 Å². The predicted molar refractivity (Wildman–Crippen MR) is 91.5 cm³/mol. The second kappa shape index (κ2) is 5.65. The Bertz CT molecular complexity index is 852. The lowest BCUT2D eigenvalue weighted by Gasteiger charge is -2.27. The largest absolute Gasteiger partial charge is 0.361 e. The van der Waals surface area contributed by atoms with Crippen molar-refractivity contribution in [3.8, 4) is 0 Å². The van der Waals surface area contributed by atoms with Crippen LogP contribution in [0.1, 0.15) is 42.6 Å². The first kappa shape index (κ1) is 14.2. The van der Waals surface area contributed by atoms with Gasteiger partial charge in [0, 0.05) is 6.54 Å². The van der Waals surface area contributed by atoms with Crippen molar-refractivity contribution in [2.75, 3.05) is 5.32 Å². The summed E-state index contributed by atoms with van der Waals surface area (Å²) in [6.45, 7) is 4.91. The van der Waals surface area contributed by atoms with Gasteiger partial charge in [0.1, 0.15) is 17.4 Å². The number of aryl methyl sites for hydroxylation is 3. The summed E-state index contributed by atoms with van der Waals surface area (Å²) >= 11 is 0. The van der Waals surface area contributed by atoms with Gasteiger partial charge >= 0.3 is 0 Å². The minimum absolute atomic E-state index is 0.304. The van der Waals surface area contributed by atoms with Crippen LogP contribution in [-0.2, 0) is 13.0 Å². The van der Waals surface area contributed by atoms with Crippen molar-refractivity contribution < 1.29 is 0 Å². The Hall–Kier alpha value is -2.43. The fraction of sp³-hybridized carbons (Fsp3) is 0.389. The third kappa shape index (κ3) is 2.36. The summed E-state index contributed by atoms with van der Waals surface area (Å²) in [4.78, 5) is 8.93. The molecule has 0 bridgehead atoms. The zero-order valence-corrected chi connectivity index (χ0v) is 13.6. The summed E-state index contributed by atoms with van der Waals surface area (Å²) < 4.78 is 1.99. The number of benzene rings is 1. The maximum Gasteiger partial charge on any atom is 0.156 e. The summed E-state index contributed by atoms with van der Waals surface area (Å²) in [5.74, 6) is 0.888. The van der Waals surface area contributed by atoms with Crippen LogP contribution in [0.2, 0.25) is 0 Å². The standard InChI is InChI=1S/C18H21N5/c1-3-23-17-16(12(2)22-23)19-11-20-18(17)21-15-10-6-8-13-7-4-5-9-14(13)15/h4-5,7,9,11,15H,3,6,8,10H2,1-2H3,(H,19,20,21)/t15-/m1/s1. The molecule has 2 heterocycles. The summed E-state index contributed by atoms with van der Waals surface area (Å²) in [6, 6.07) is 9.01. The maximum atomic E-state index is 4.58. The summed E-state index contributed by atoms with van der Waals surface area (Å²) in [6.07, 6.45) is 5.13. The van der Waals surface area contributed by atoms with Crippen molar-refractivity contribution in [3.63, 3.8) is 0 Å². The van der Waals surface area contributed by atoms with Gasteiger partial charge in [-0.3, -0.25) is 4.68 Å². The van der Waals surface area contributed by atoms with E-state index >= 15 is 0 Å². The second-order valence-corrected chi connectivity index (χ2v) is 6.11. The number of fused-ring (bicyclic) bond motifs is 2. The molecule has 5 nitrogen and oxygen atoms in total. The molecular formula is C18H21N5. The number of hydrogen-bond donors (Lipinski definition) is 1. The van der Waals surface area contributed by atoms with Gasteiger partial charge in [-0.15, -0.1) is 0 Å². The highest BCUT2D eigenvalue weighted by Crippen LogP contribution is 2.33. The van der Waals surface area contributed by atoms with E-state index < -0.39 is 0 Å². The molecule has 0 aliphatic heterocycles. The van der Waals surface area contributed by atoms with E-state index in [9.17, 15) is 0 Å². The Balaban J connectivity index is 1.77. The Morgan fingerprint density at radius 2 is 2.13 bits per heavy atom. The molecule has 4 rings (SSSR count). The van der Waals surface area contributed by atoms with Crippen LogP contribution in [-0.4, -0.2) is 19.7 Å². The summed E-state index contributed by atoms with van der Waals surface area (Å²) in [5.41, 5.74) is 5.74. The van der Waals surface area contributed by atoms with Crippen LogP contribution in [0.4, 0.5) is 5.82 Å². The smallest absolute Gasteiger partial charge is 0.156 e. The van der Waals surface area contributed by atoms with Crippen LogP contribution in [0.25, 0.3) is 11.0 Å². The van der Waals surface area contributed by atoms with Crippen LogP contribution >= 0.6 is 0 Å². The first-order chi connectivity index (χ1) is 11.3. The molecule has 0 amide bonds. The van der Waals surface area contributed by atoms with Crippen molar-refractivity contribution >= 4 is 16.9 Å². The molecule has 1 aromatic carbocycles. The molecule has 23 heavy (non-hydrogen) atoms. The maximum absolute atomic E-state index is 4.58. The van der Waals surface area contributed by atoms with Crippen LogP contribution in [0, 0.1) is 6.92 Å². The zero-order valence-electron chi connectivity index (χ0n) is 13.6. The number of nitrogens with one attached hydrogen (secondary N) is 1. The van der Waals surface area contributed by atoms with Gasteiger partial charge in [0.05, 0.1) is 11.7 Å². The normalized spacial score (nSPS) is 17.2. The van der Waals surface area contributed by atoms with Gasteiger partial charge in [-0.1, -0.05) is 24.3 Å². The molecular weight excluding hydrogens is 286 g/mol. The highest BCUT2D eigenvalue weighted by molar-refractivity contribution is 5.87. The Kier molecular flexibility index (Phi) is 3.48. The van der Waals surface area contributed by atoms with E-state index in [-0.39, 0.29) is 0 Å². The quantitative estimate of drug-likeness (QED) is 0.802. The molecule has 1 aliphatic carbocycles. The van der Waals surface area contributed by atoms with E-state index in [4.69, 9.17) is 0 Å². The fourth-order valence-corrected chi connectivity index (χ4v) is 3.57. The highest BCUT2D eigenvalue weighted by Gasteiger charge is 2.22. The minimum atomic E-state index is 0.304. The monoisotopic (exact) mass is 307 g/mol. The molecule has 0 saturated heterocycles. The third-order valence-electron chi connectivity index (χ3n) is 4.67. The summed E-state index contributed by atoms with van der Waals surface area (Å²) in [5, 5.41) is 8.24. The van der Waals surface area contributed by atoms with Gasteiger partial charge in [0.25, 0.3) is 0 Å². The molecule has 0 saturated carbocycles. The molecule has 0 radical (unpaired) electrons. The van der Waals surface area contributed by atoms with Crippen molar-refractivity contribution in [1.82, 2.24) is 19.7 Å². The van der Waals surface area contributed by atoms with Gasteiger partial charge in [-0.25, -0.2) is 9.97 Å². The number of nitrogens with zero attached hydrogens (tertiary/aromatic N) is 4. The SMILES string of the molecule is CCn1nc(C)c2ncnc(N[C@@H]3CCCc4ccccc43)c21. The zero-order chi connectivity index (χ0) is 15.8. The summed E-state index contributed by atoms with van der Waals surface area (Å²) in [7, 11) is 0. The lowest BCUT2D eigenvalue weighted by molar-refractivity contribution is 0.598. The minimum Gasteiger partial charge on any atom is -0.361 e. The molecule has 1 aliphatic rings. The number of anilines is 1. The molecule has 0 fully saturated rings. The molecule has 0 spiro atoms. The van der Waals surface area contributed by atoms with E-state index in [0.29, 0.717) is 6.04 Å². The van der Waals surface area contributed by atoms with Crippen LogP contribution in [0.3, 0.4) is 0 Å². The molecule has 1 N–H and O–H groups in total. The van der Waals surface area contributed by atoms with Gasteiger partial charge in [-0.2, -0.15) is 5.10 Å². The van der Waals surface area contributed by atoms with Crippen LogP contribution in [0.5, 0.6) is 0 Å². The second-order valence-electron chi connectivity index (χ2n) is 6.11. The van der Waals surface area contributed by atoms with E-state index in [1.165, 1.54) is 24.0 Å². The Labute approximate surface area is 135 Å². The molecule has 118 valence electrons. The topological polar surface area (TPSA) is 55.6 Å². The van der Waals surface area contributed by atoms with E-state index in [2.05, 4.69) is 51.6 Å². The fourth-order valence-electron chi connectivity index (χ4n) is 3.57. The molecule has 2 aromatic heterocycles. The van der Waals surface area contributed by atoms with Crippen LogP contribution < -0.4 is 5.32 Å². The average Bonchev–Trinajstić information content (AvgIpc) is 2.93. The number of aromatic nitrogens is 4. The first-order valence-electron chi connectivity index (χ1n) is 8.30. The van der Waals surface area contributed by atoms with Gasteiger partial charge < -0.3 is 5.32 Å². The Morgan fingerprint density at radius 3 is 3.00 bits per heavy atom. The van der Waals surface area contributed by atoms with Gasteiger partial charge in [-0.05, 0) is 44.2 Å². The predicted octanol–water partition coefficient (Wildman–Crippen LogP) is 3.64. The average molecular weight is 307 g/mol. The van der Waals surface area contributed by atoms with E-state index in [1.54, 1.807) is 6.33 Å². The Morgan fingerprint density at radius 1 is 1.26 bits per heavy atom. The van der Waals surface area contributed by atoms with Crippen molar-refractivity contribution in [2.24, 2.45) is 0 Å². The molecule has 1 atom stereocenters. The first-order valence-corrected chi connectivity index (χ1v) is 8.30. The van der Waals surface area contributed by atoms with E-state index in [0.717, 1.165) is 35.5 Å². The molecule has 5 heteroatoms. The molecule has 0 unspecified atom stereocenters. The van der Waals surface area contributed by atoms with Crippen molar-refractivity contribution in [3.05, 3.63) is 47.4 Å². The van der Waals surface area contributed by atoms with Gasteiger partial charge in [0.2, 0.25) is 0 Å². The van der Waals surface area contributed by atoms with Crippen molar-refractivity contribution in [2.45, 2.75) is 45.7 Å². The lowest BCUT2D eigenvalue weighted by atomic mass is 9.88. The highest BCUT2D eigenvalue weighted by atomic mass is 15.3. The van der Waals surface area contributed by atoms with Gasteiger partial charge in [0.15, 0.2) is 5.82 Å². The number of rotatable bonds is 3. The van der Waals surface area contributed by atoms with E-state index in [1.807, 2.05) is 11.6 Å². The number of hydrogen-bond acceptors (Lipinski definition) is 4. The lowest BCUT2D eigenvalue weighted by Crippen LogP contribution is -2.18.